The van der Waals surface area contributed by atoms with Crippen LogP contribution in [0.25, 0.3) is 34.3 Å². The Kier molecular flexibility index (Phi) is 18.8. The highest BCUT2D eigenvalue weighted by atomic mass is 19.1. The molecule has 3 amide bonds. The average molecular weight is 1300 g/mol. The Morgan fingerprint density at radius 2 is 0.771 bits per heavy atom. The molecule has 24 heteroatoms. The average Bonchev–Trinajstić information content (AvgIpc) is 0.784. The number of hydrogen-bond acceptors (Lipinski definition) is 18. The van der Waals surface area contributed by atoms with Crippen LogP contribution in [-0.2, 0) is 0 Å². The highest BCUT2D eigenvalue weighted by Gasteiger charge is 2.48. The van der Waals surface area contributed by atoms with Crippen LogP contribution >= 0.6 is 0 Å². The molecule has 3 aliphatic carbocycles. The molecule has 0 radical (unpaired) electrons. The van der Waals surface area contributed by atoms with E-state index in [1.165, 1.54) is 0 Å². The molecule has 3 saturated carbocycles. The maximum atomic E-state index is 13.7. The third-order valence-corrected chi connectivity index (χ3v) is 18.7. The summed E-state index contributed by atoms with van der Waals surface area (Å²) in [6, 6.07) is 20.3. The van der Waals surface area contributed by atoms with E-state index < -0.39 is 17.5 Å². The van der Waals surface area contributed by atoms with Crippen molar-refractivity contribution in [1.82, 2.24) is 74.5 Å². The van der Waals surface area contributed by atoms with Crippen molar-refractivity contribution >= 4 is 17.7 Å². The van der Waals surface area contributed by atoms with Crippen LogP contribution in [0.2, 0.25) is 0 Å². The summed E-state index contributed by atoms with van der Waals surface area (Å²) in [5, 5.41) is 0. The molecule has 6 bridgehead atoms. The first-order valence-electron chi connectivity index (χ1n) is 32.5. The molecule has 6 aliphatic heterocycles. The van der Waals surface area contributed by atoms with Gasteiger partial charge in [0.1, 0.15) is 35.4 Å². The standard InChI is InChI=1S/3C24H24FN5O2/c1-14-3-8-21(26-10-14)32-20-9-16-5-7-19(20)30(13-16)24(31)18-6-4-15(2)29-22(18)23-27-11-17(25)12-28-23;1-14-3-8-21(26-10-14)32-20-9-16-5-7-19(20)30(13-16)24(31)22-18(6-4-15(2)29-22)23-27-11-17(25)12-28-23;1-14-3-6-21(26-9-14)32-20-8-16-4-5-19(20)30(13-16)24(31)22-18(7-15(2)10-27-22)23-28-11-17(25)12-29-23/h2*3-4,6,8,10-12,16,19-20H,5,7,9,13H2,1-2H3;3,6-7,9-12,16,19-20H,4-5,8,13H2,1-2H3. The first-order chi connectivity index (χ1) is 46.4. The summed E-state index contributed by atoms with van der Waals surface area (Å²) in [7, 11) is 0. The van der Waals surface area contributed by atoms with E-state index in [4.69, 9.17) is 14.2 Å². The minimum atomic E-state index is -0.535. The van der Waals surface area contributed by atoms with E-state index in [1.54, 1.807) is 49.1 Å². The summed E-state index contributed by atoms with van der Waals surface area (Å²) in [6.45, 7) is 13.5. The number of amides is 3. The van der Waals surface area contributed by atoms with Crippen molar-refractivity contribution < 1.29 is 41.8 Å². The van der Waals surface area contributed by atoms with Gasteiger partial charge in [-0.3, -0.25) is 19.4 Å². The van der Waals surface area contributed by atoms with E-state index in [1.807, 2.05) is 98.7 Å². The molecule has 9 aliphatic rings. The summed E-state index contributed by atoms with van der Waals surface area (Å²) in [6.07, 6.45) is 21.8. The molecular weight excluding hydrogens is 1230 g/mol. The number of rotatable bonds is 12. The molecule has 18 rings (SSSR count). The molecule has 9 unspecified atom stereocenters. The number of fused-ring (bicyclic) bond motifs is 9. The molecule has 0 aromatic carbocycles. The number of nitrogens with zero attached hydrogens (tertiary/aromatic N) is 15. The van der Waals surface area contributed by atoms with Crippen LogP contribution in [0.5, 0.6) is 17.6 Å². The van der Waals surface area contributed by atoms with Gasteiger partial charge in [0.15, 0.2) is 34.9 Å². The minimum Gasteiger partial charge on any atom is -0.472 e. The van der Waals surface area contributed by atoms with E-state index in [0.29, 0.717) is 77.4 Å². The lowest BCUT2D eigenvalue weighted by Crippen LogP contribution is -2.59. The number of ether oxygens (including phenoxy) is 3. The van der Waals surface area contributed by atoms with Gasteiger partial charge in [0.2, 0.25) is 17.6 Å². The highest BCUT2D eigenvalue weighted by molar-refractivity contribution is 6.00. The van der Waals surface area contributed by atoms with Crippen molar-refractivity contribution in [3.63, 3.8) is 0 Å². The smallest absolute Gasteiger partial charge is 0.273 e. The normalized spacial score (nSPS) is 22.1. The maximum Gasteiger partial charge on any atom is 0.273 e. The Balaban J connectivity index is 0.000000130. The largest absolute Gasteiger partial charge is 0.472 e. The molecule has 15 heterocycles. The highest BCUT2D eigenvalue weighted by Crippen LogP contribution is 2.42. The van der Waals surface area contributed by atoms with Crippen molar-refractivity contribution in [1.29, 1.82) is 0 Å². The third kappa shape index (κ3) is 14.4. The maximum absolute atomic E-state index is 13.7. The van der Waals surface area contributed by atoms with E-state index >= 15 is 0 Å². The number of carbonyl (C=O) groups is 3. The van der Waals surface area contributed by atoms with Crippen LogP contribution in [0, 0.1) is 76.7 Å². The zero-order valence-electron chi connectivity index (χ0n) is 54.1. The number of aryl methyl sites for hydroxylation is 6. The van der Waals surface area contributed by atoms with Crippen molar-refractivity contribution in [2.45, 2.75) is 136 Å². The zero-order valence-corrected chi connectivity index (χ0v) is 54.1. The van der Waals surface area contributed by atoms with Crippen molar-refractivity contribution in [3.05, 3.63) is 197 Å². The fourth-order valence-electron chi connectivity index (χ4n) is 14.0. The molecule has 9 aromatic heterocycles. The lowest BCUT2D eigenvalue weighted by molar-refractivity contribution is -0.0316. The minimum absolute atomic E-state index is 0.0427. The molecular formula is C72H72F3N15O6. The Morgan fingerprint density at radius 3 is 1.20 bits per heavy atom. The first kappa shape index (κ1) is 64.4. The van der Waals surface area contributed by atoms with Gasteiger partial charge >= 0.3 is 0 Å². The van der Waals surface area contributed by atoms with E-state index in [9.17, 15) is 27.6 Å². The third-order valence-electron chi connectivity index (χ3n) is 18.7. The van der Waals surface area contributed by atoms with Crippen LogP contribution in [0.3, 0.4) is 0 Å². The van der Waals surface area contributed by atoms with Gasteiger partial charge in [0, 0.05) is 74.0 Å². The second-order valence-electron chi connectivity index (χ2n) is 25.9. The monoisotopic (exact) mass is 1300 g/mol. The van der Waals surface area contributed by atoms with Gasteiger partial charge in [-0.25, -0.2) is 68.0 Å². The van der Waals surface area contributed by atoms with Gasteiger partial charge in [-0.2, -0.15) is 0 Å². The fourth-order valence-corrected chi connectivity index (χ4v) is 14.0. The van der Waals surface area contributed by atoms with Crippen LogP contribution in [-0.4, -0.2) is 148 Å². The fraction of sp³-hybridized carbons (Fsp3) is 0.375. The summed E-state index contributed by atoms with van der Waals surface area (Å²) >= 11 is 0. The first-order valence-corrected chi connectivity index (χ1v) is 32.5. The Hall–Kier alpha value is -10.3. The van der Waals surface area contributed by atoms with Crippen LogP contribution in [0.15, 0.2) is 129 Å². The van der Waals surface area contributed by atoms with Crippen LogP contribution in [0.4, 0.5) is 13.2 Å². The van der Waals surface area contributed by atoms with E-state index in [2.05, 4.69) is 59.8 Å². The zero-order chi connectivity index (χ0) is 66.7. The van der Waals surface area contributed by atoms with Gasteiger partial charge in [0.05, 0.1) is 72.0 Å². The lowest BCUT2D eigenvalue weighted by atomic mass is 9.77. The SMILES string of the molecule is Cc1ccc(OC2CC3CCC2N(C(=O)c2ccc(C)nc2-c2ncc(F)cn2)C3)nc1.Cc1ccc(OC2CC3CCC2N(C(=O)c2nc(C)ccc2-c2ncc(F)cn2)C3)nc1.Cc1ccc(OC2CC3CCC2N(C(=O)c2ncc(C)cc2-c2ncc(F)cn2)C3)nc1. The summed E-state index contributed by atoms with van der Waals surface area (Å²) < 4.78 is 58.7. The van der Waals surface area contributed by atoms with Gasteiger partial charge < -0.3 is 28.9 Å². The quantitative estimate of drug-likeness (QED) is 0.110. The van der Waals surface area contributed by atoms with E-state index in [0.717, 1.165) is 129 Å². The number of aromatic nitrogens is 12. The molecule has 9 fully saturated rings. The van der Waals surface area contributed by atoms with Crippen LogP contribution in [0.1, 0.15) is 123 Å². The summed E-state index contributed by atoms with van der Waals surface area (Å²) in [5.74, 6) is 1.59. The Bertz CT molecular complexity index is 4090. The molecule has 21 nitrogen and oxygen atoms in total. The Morgan fingerprint density at radius 1 is 0.385 bits per heavy atom. The van der Waals surface area contributed by atoms with Crippen molar-refractivity contribution in [2.24, 2.45) is 17.8 Å². The lowest BCUT2D eigenvalue weighted by Gasteiger charge is -2.49. The molecule has 9 aromatic rings. The summed E-state index contributed by atoms with van der Waals surface area (Å²) in [5.41, 5.74) is 7.90. The number of hydrogen-bond donors (Lipinski definition) is 0. The number of pyridine rings is 6. The number of halogens is 3. The molecule has 96 heavy (non-hydrogen) atoms. The van der Waals surface area contributed by atoms with Crippen LogP contribution < -0.4 is 14.2 Å². The predicted molar refractivity (Wildman–Crippen MR) is 347 cm³/mol. The van der Waals surface area contributed by atoms with Crippen molar-refractivity contribution in [3.8, 4) is 51.9 Å². The topological polar surface area (TPSA) is 243 Å². The predicted octanol–water partition coefficient (Wildman–Crippen LogP) is 11.3. The molecule has 0 N–H and O–H groups in total. The van der Waals surface area contributed by atoms with Gasteiger partial charge in [-0.05, 0) is 170 Å². The number of piperidine rings is 6. The van der Waals surface area contributed by atoms with Gasteiger partial charge in [-0.15, -0.1) is 0 Å². The second-order valence-corrected chi connectivity index (χ2v) is 25.9. The Labute approximate surface area is 553 Å². The second kappa shape index (κ2) is 28.0. The molecule has 6 saturated heterocycles. The van der Waals surface area contributed by atoms with Gasteiger partial charge in [0.25, 0.3) is 17.7 Å². The summed E-state index contributed by atoms with van der Waals surface area (Å²) in [4.78, 5) is 97.7. The molecule has 492 valence electrons. The molecule has 0 spiro atoms. The van der Waals surface area contributed by atoms with Gasteiger partial charge in [-0.1, -0.05) is 18.2 Å². The number of carbonyl (C=O) groups excluding carboxylic acids is 3. The molecule has 9 atom stereocenters. The van der Waals surface area contributed by atoms with Crippen molar-refractivity contribution in [2.75, 3.05) is 19.6 Å². The van der Waals surface area contributed by atoms with E-state index in [-0.39, 0.29) is 83.0 Å².